The number of hydrogen-bond donors (Lipinski definition) is 2. The number of aryl methyl sites for hydroxylation is 1. The van der Waals surface area contributed by atoms with Gasteiger partial charge in [0.1, 0.15) is 4.88 Å². The summed E-state index contributed by atoms with van der Waals surface area (Å²) in [6, 6.07) is -1.04. The van der Waals surface area contributed by atoms with Crippen molar-refractivity contribution in [2.24, 2.45) is 0 Å². The van der Waals surface area contributed by atoms with Gasteiger partial charge in [-0.3, -0.25) is 4.79 Å². The molecule has 1 unspecified atom stereocenters. The van der Waals surface area contributed by atoms with Crippen molar-refractivity contribution in [2.45, 2.75) is 13.0 Å². The first-order valence-electron chi connectivity index (χ1n) is 4.49. The maximum absolute atomic E-state index is 11.7. The number of carbonyl (C=O) groups excluding carboxylic acids is 1. The largest absolute Gasteiger partial charge is 0.480 e. The minimum Gasteiger partial charge on any atom is -0.480 e. The summed E-state index contributed by atoms with van der Waals surface area (Å²) in [6.45, 7) is 1.62. The second kappa shape index (κ2) is 5.57. The molecule has 0 radical (unpaired) electrons. The summed E-state index contributed by atoms with van der Waals surface area (Å²) in [5.41, 5.74) is 2.13. The molecule has 6 nitrogen and oxygen atoms in total. The van der Waals surface area contributed by atoms with Crippen LogP contribution in [0.2, 0.25) is 0 Å². The third-order valence-corrected chi connectivity index (χ3v) is 2.82. The molecule has 88 valence electrons. The molecule has 0 bridgehead atoms. The van der Waals surface area contributed by atoms with Crippen molar-refractivity contribution in [2.75, 3.05) is 13.7 Å². The van der Waals surface area contributed by atoms with Crippen LogP contribution in [0.25, 0.3) is 0 Å². The molecule has 1 heterocycles. The van der Waals surface area contributed by atoms with E-state index in [2.05, 4.69) is 10.3 Å². The number of carboxylic acid groups (broad SMARTS) is 1. The van der Waals surface area contributed by atoms with Crippen LogP contribution in [0.1, 0.15) is 15.4 Å². The van der Waals surface area contributed by atoms with E-state index < -0.39 is 17.9 Å². The fraction of sp³-hybridized carbons (Fsp3) is 0.444. The van der Waals surface area contributed by atoms with E-state index in [1.165, 1.54) is 24.0 Å². The molecule has 1 amide bonds. The normalized spacial score (nSPS) is 12.1. The van der Waals surface area contributed by atoms with E-state index in [-0.39, 0.29) is 6.61 Å². The van der Waals surface area contributed by atoms with E-state index in [1.54, 1.807) is 6.92 Å². The number of thiazole rings is 1. The van der Waals surface area contributed by atoms with Crippen LogP contribution in [-0.2, 0) is 9.53 Å². The molecular weight excluding hydrogens is 232 g/mol. The van der Waals surface area contributed by atoms with Crippen LogP contribution < -0.4 is 5.32 Å². The van der Waals surface area contributed by atoms with Crippen molar-refractivity contribution in [3.63, 3.8) is 0 Å². The second-order valence-electron chi connectivity index (χ2n) is 3.09. The smallest absolute Gasteiger partial charge is 0.328 e. The molecule has 0 aliphatic carbocycles. The van der Waals surface area contributed by atoms with Gasteiger partial charge < -0.3 is 15.2 Å². The topological polar surface area (TPSA) is 88.5 Å². The third kappa shape index (κ3) is 3.01. The van der Waals surface area contributed by atoms with Crippen LogP contribution in [0.3, 0.4) is 0 Å². The number of methoxy groups -OCH3 is 1. The molecule has 0 aliphatic heterocycles. The Balaban J connectivity index is 2.69. The lowest BCUT2D eigenvalue weighted by Crippen LogP contribution is -2.43. The first kappa shape index (κ1) is 12.6. The Bertz CT molecular complexity index is 391. The highest BCUT2D eigenvalue weighted by Gasteiger charge is 2.22. The van der Waals surface area contributed by atoms with Crippen molar-refractivity contribution in [3.8, 4) is 0 Å². The van der Waals surface area contributed by atoms with Gasteiger partial charge in [-0.1, -0.05) is 0 Å². The molecule has 0 fully saturated rings. The van der Waals surface area contributed by atoms with Gasteiger partial charge in [0.15, 0.2) is 6.04 Å². The highest BCUT2D eigenvalue weighted by atomic mass is 32.1. The van der Waals surface area contributed by atoms with E-state index in [9.17, 15) is 9.59 Å². The van der Waals surface area contributed by atoms with E-state index in [0.717, 1.165) is 0 Å². The van der Waals surface area contributed by atoms with E-state index in [4.69, 9.17) is 9.84 Å². The number of nitrogens with zero attached hydrogens (tertiary/aromatic N) is 1. The van der Waals surface area contributed by atoms with Crippen molar-refractivity contribution in [1.82, 2.24) is 10.3 Å². The molecule has 1 atom stereocenters. The highest BCUT2D eigenvalue weighted by Crippen LogP contribution is 2.11. The van der Waals surface area contributed by atoms with Gasteiger partial charge in [0, 0.05) is 7.11 Å². The minimum absolute atomic E-state index is 0.0705. The van der Waals surface area contributed by atoms with Gasteiger partial charge >= 0.3 is 5.97 Å². The molecule has 7 heteroatoms. The lowest BCUT2D eigenvalue weighted by Gasteiger charge is -2.12. The summed E-state index contributed by atoms with van der Waals surface area (Å²) >= 11 is 1.17. The van der Waals surface area contributed by atoms with E-state index in [0.29, 0.717) is 10.6 Å². The molecule has 1 aromatic heterocycles. The average Bonchev–Trinajstić information content (AvgIpc) is 2.63. The molecule has 0 saturated carbocycles. The molecule has 0 spiro atoms. The number of rotatable bonds is 5. The van der Waals surface area contributed by atoms with Gasteiger partial charge in [0.2, 0.25) is 0 Å². The number of carbonyl (C=O) groups is 2. The van der Waals surface area contributed by atoms with Crippen molar-refractivity contribution < 1.29 is 19.4 Å². The number of nitrogens with one attached hydrogen (secondary N) is 1. The molecule has 1 rings (SSSR count). The fourth-order valence-corrected chi connectivity index (χ4v) is 1.79. The number of hydrogen-bond acceptors (Lipinski definition) is 5. The van der Waals surface area contributed by atoms with Crippen LogP contribution in [-0.4, -0.2) is 41.7 Å². The molecule has 0 saturated heterocycles. The van der Waals surface area contributed by atoms with E-state index >= 15 is 0 Å². The van der Waals surface area contributed by atoms with Crippen molar-refractivity contribution in [1.29, 1.82) is 0 Å². The Morgan fingerprint density at radius 1 is 1.69 bits per heavy atom. The van der Waals surface area contributed by atoms with Crippen molar-refractivity contribution >= 4 is 23.2 Å². The Morgan fingerprint density at radius 2 is 2.38 bits per heavy atom. The summed E-state index contributed by atoms with van der Waals surface area (Å²) in [6.07, 6.45) is 0. The third-order valence-electron chi connectivity index (χ3n) is 1.89. The quantitative estimate of drug-likeness (QED) is 0.776. The average molecular weight is 244 g/mol. The van der Waals surface area contributed by atoms with Gasteiger partial charge in [-0.25, -0.2) is 9.78 Å². The Kier molecular flexibility index (Phi) is 4.39. The number of carboxylic acids is 1. The van der Waals surface area contributed by atoms with Crippen LogP contribution in [0, 0.1) is 6.92 Å². The maximum atomic E-state index is 11.7. The first-order valence-corrected chi connectivity index (χ1v) is 5.37. The Hall–Kier alpha value is -1.47. The maximum Gasteiger partial charge on any atom is 0.328 e. The predicted octanol–water partition coefficient (Wildman–Crippen LogP) is 0.281. The van der Waals surface area contributed by atoms with Crippen LogP contribution in [0.5, 0.6) is 0 Å². The molecule has 0 aromatic carbocycles. The van der Waals surface area contributed by atoms with Crippen LogP contribution >= 0.6 is 11.3 Å². The number of amides is 1. The SMILES string of the molecule is COCC(NC(=O)c1scnc1C)C(=O)O. The molecule has 1 aromatic rings. The monoisotopic (exact) mass is 244 g/mol. The van der Waals surface area contributed by atoms with Gasteiger partial charge in [0.25, 0.3) is 5.91 Å². The van der Waals surface area contributed by atoms with Gasteiger partial charge in [-0.2, -0.15) is 0 Å². The summed E-state index contributed by atoms with van der Waals surface area (Å²) in [5, 5.41) is 11.2. The van der Waals surface area contributed by atoms with Crippen LogP contribution in [0.15, 0.2) is 5.51 Å². The molecule has 2 N–H and O–H groups in total. The lowest BCUT2D eigenvalue weighted by atomic mass is 10.3. The highest BCUT2D eigenvalue weighted by molar-refractivity contribution is 7.11. The number of aromatic nitrogens is 1. The summed E-state index contributed by atoms with van der Waals surface area (Å²) < 4.78 is 4.71. The summed E-state index contributed by atoms with van der Waals surface area (Å²) in [5.74, 6) is -1.57. The van der Waals surface area contributed by atoms with Crippen LogP contribution in [0.4, 0.5) is 0 Å². The second-order valence-corrected chi connectivity index (χ2v) is 3.94. The lowest BCUT2D eigenvalue weighted by molar-refractivity contribution is -0.140. The Morgan fingerprint density at radius 3 is 2.81 bits per heavy atom. The van der Waals surface area contributed by atoms with Crippen molar-refractivity contribution in [3.05, 3.63) is 16.1 Å². The predicted molar refractivity (Wildman–Crippen MR) is 57.6 cm³/mol. The zero-order chi connectivity index (χ0) is 12.1. The Labute approximate surface area is 96.3 Å². The standard InChI is InChI=1S/C9H12N2O4S/c1-5-7(16-4-10-5)8(12)11-6(3-15-2)9(13)14/h4,6H,3H2,1-2H3,(H,11,12)(H,13,14). The molecule has 0 aliphatic rings. The number of ether oxygens (including phenoxy) is 1. The molecule has 16 heavy (non-hydrogen) atoms. The van der Waals surface area contributed by atoms with E-state index in [1.807, 2.05) is 0 Å². The molecular formula is C9H12N2O4S. The first-order chi connectivity index (χ1) is 7.56. The van der Waals surface area contributed by atoms with Gasteiger partial charge in [-0.05, 0) is 6.92 Å². The zero-order valence-corrected chi connectivity index (χ0v) is 9.71. The minimum atomic E-state index is -1.13. The fourth-order valence-electron chi connectivity index (χ4n) is 1.08. The van der Waals surface area contributed by atoms with Gasteiger partial charge in [-0.15, -0.1) is 11.3 Å². The zero-order valence-electron chi connectivity index (χ0n) is 8.89. The summed E-state index contributed by atoms with van der Waals surface area (Å²) in [7, 11) is 1.38. The summed E-state index contributed by atoms with van der Waals surface area (Å²) in [4.78, 5) is 26.8. The van der Waals surface area contributed by atoms with Gasteiger partial charge in [0.05, 0.1) is 17.8 Å². The number of aliphatic carboxylic acids is 1.